The van der Waals surface area contributed by atoms with Crippen molar-refractivity contribution in [2.24, 2.45) is 23.2 Å². The summed E-state index contributed by atoms with van der Waals surface area (Å²) in [5.41, 5.74) is 2.80. The van der Waals surface area contributed by atoms with E-state index in [-0.39, 0.29) is 18.1 Å². The number of esters is 1. The first-order valence-electron chi connectivity index (χ1n) is 16.5. The Kier molecular flexibility index (Phi) is 18.5. The van der Waals surface area contributed by atoms with Crippen molar-refractivity contribution in [3.05, 3.63) is 33.3 Å². The van der Waals surface area contributed by atoms with E-state index < -0.39 is 29.5 Å². The molecule has 1 unspecified atom stereocenters. The molecule has 0 aliphatic rings. The molecule has 6 nitrogen and oxygen atoms in total. The van der Waals surface area contributed by atoms with Gasteiger partial charge in [0, 0.05) is 11.3 Å². The van der Waals surface area contributed by atoms with Gasteiger partial charge in [-0.15, -0.1) is 11.3 Å². The number of hydrogen-bond donors (Lipinski definition) is 2. The molecule has 2 N–H and O–H groups in total. The van der Waals surface area contributed by atoms with Gasteiger partial charge in [-0.1, -0.05) is 84.4 Å². The molecule has 0 fully saturated rings. The van der Waals surface area contributed by atoms with Crippen molar-refractivity contribution in [2.75, 3.05) is 7.11 Å². The van der Waals surface area contributed by atoms with Gasteiger partial charge >= 0.3 is 5.97 Å². The number of unbranched alkanes of at least 4 members (excludes halogenated alkanes) is 3. The molecule has 0 radical (unpaired) electrons. The maximum absolute atomic E-state index is 13.3. The van der Waals surface area contributed by atoms with Crippen molar-refractivity contribution < 1.29 is 24.5 Å². The van der Waals surface area contributed by atoms with Crippen molar-refractivity contribution in [3.8, 4) is 0 Å². The van der Waals surface area contributed by atoms with E-state index >= 15 is 0 Å². The number of aromatic nitrogens is 1. The van der Waals surface area contributed by atoms with Gasteiger partial charge in [0.25, 0.3) is 0 Å². The first-order chi connectivity index (χ1) is 20.3. The van der Waals surface area contributed by atoms with Crippen LogP contribution < -0.4 is 0 Å². The molecule has 0 aliphatic carbocycles. The van der Waals surface area contributed by atoms with Gasteiger partial charge in [-0.25, -0.2) is 4.98 Å². The van der Waals surface area contributed by atoms with Crippen LogP contribution in [0.4, 0.5) is 0 Å². The molecule has 0 aromatic carbocycles. The van der Waals surface area contributed by atoms with Crippen LogP contribution in [-0.2, 0) is 14.3 Å². The van der Waals surface area contributed by atoms with Gasteiger partial charge in [0.15, 0.2) is 0 Å². The van der Waals surface area contributed by atoms with Gasteiger partial charge in [0.05, 0.1) is 41.9 Å². The number of carbonyl (C=O) groups is 2. The first-order valence-corrected chi connectivity index (χ1v) is 17.4. The second kappa shape index (κ2) is 20.2. The largest absolute Gasteiger partial charge is 0.469 e. The number of aliphatic hydroxyl groups is 2. The molecular weight excluding hydrogens is 558 g/mol. The molecule has 1 heterocycles. The topological polar surface area (TPSA) is 96.7 Å². The Balaban J connectivity index is 2.87. The molecule has 43 heavy (non-hydrogen) atoms. The highest BCUT2D eigenvalue weighted by atomic mass is 32.1. The molecule has 1 aromatic heterocycles. The van der Waals surface area contributed by atoms with E-state index in [2.05, 4.69) is 48.0 Å². The molecule has 0 saturated carbocycles. The molecule has 246 valence electrons. The molecule has 0 amide bonds. The zero-order chi connectivity index (χ0) is 32.6. The standard InChI is InChI=1S/C36H61NO5S/c1-10-12-13-14-18-29(20-21-30(16-11-2)26(4)22-31-24-43-28(6)37-31)19-15-17-25(3)34(40)27(5)35(41)36(7,8)32(38)23-33(39)42-9/h20,22,24-25,27,30,32,34,38,40H,10-19,21,23H2,1-9H3/b26-22+,29-20-/t25-,27+,30?,32-,34-/m0/s1. The molecular formula is C36H61NO5S. The van der Waals surface area contributed by atoms with E-state index in [1.165, 1.54) is 43.9 Å². The number of carbonyl (C=O) groups excluding carboxylic acids is 2. The predicted octanol–water partition coefficient (Wildman–Crippen LogP) is 8.88. The lowest BCUT2D eigenvalue weighted by Crippen LogP contribution is -2.45. The van der Waals surface area contributed by atoms with E-state index in [1.54, 1.807) is 32.1 Å². The summed E-state index contributed by atoms with van der Waals surface area (Å²) in [6.07, 6.45) is 14.7. The van der Waals surface area contributed by atoms with Crippen molar-refractivity contribution in [2.45, 2.75) is 145 Å². The van der Waals surface area contributed by atoms with E-state index in [4.69, 9.17) is 0 Å². The quantitative estimate of drug-likeness (QED) is 0.0764. The fourth-order valence-electron chi connectivity index (χ4n) is 5.81. The zero-order valence-corrected chi connectivity index (χ0v) is 29.4. The van der Waals surface area contributed by atoms with Gasteiger partial charge < -0.3 is 14.9 Å². The molecule has 0 saturated heterocycles. The number of hydrogen-bond acceptors (Lipinski definition) is 7. The second-order valence-electron chi connectivity index (χ2n) is 13.1. The summed E-state index contributed by atoms with van der Waals surface area (Å²) in [7, 11) is 1.26. The Hall–Kier alpha value is -1.83. The number of Topliss-reactive ketones (excluding diaryl/α,β-unsaturated/α-hetero) is 1. The smallest absolute Gasteiger partial charge is 0.308 e. The van der Waals surface area contributed by atoms with Crippen LogP contribution in [0.5, 0.6) is 0 Å². The third-order valence-corrected chi connectivity index (χ3v) is 9.85. The third kappa shape index (κ3) is 13.8. The summed E-state index contributed by atoms with van der Waals surface area (Å²) < 4.78 is 4.65. The zero-order valence-electron chi connectivity index (χ0n) is 28.6. The minimum absolute atomic E-state index is 0.0616. The number of allylic oxidation sites excluding steroid dienone is 3. The Labute approximate surface area is 266 Å². The lowest BCUT2D eigenvalue weighted by atomic mass is 9.73. The van der Waals surface area contributed by atoms with Crippen LogP contribution in [0.2, 0.25) is 0 Å². The molecule has 0 aliphatic heterocycles. The third-order valence-electron chi connectivity index (χ3n) is 9.06. The molecule has 1 aromatic rings. The van der Waals surface area contributed by atoms with Crippen LogP contribution in [0, 0.1) is 30.1 Å². The normalized spacial score (nSPS) is 16.4. The fraction of sp³-hybridized carbons (Fsp3) is 0.750. The maximum Gasteiger partial charge on any atom is 0.308 e. The number of nitrogens with zero attached hydrogens (tertiary/aromatic N) is 1. The van der Waals surface area contributed by atoms with Gasteiger partial charge in [-0.2, -0.15) is 0 Å². The van der Waals surface area contributed by atoms with Crippen LogP contribution >= 0.6 is 11.3 Å². The van der Waals surface area contributed by atoms with Gasteiger partial charge in [0.2, 0.25) is 0 Å². The van der Waals surface area contributed by atoms with E-state index in [0.717, 1.165) is 55.6 Å². The van der Waals surface area contributed by atoms with Crippen molar-refractivity contribution in [1.29, 1.82) is 0 Å². The number of aliphatic hydroxyl groups excluding tert-OH is 2. The summed E-state index contributed by atoms with van der Waals surface area (Å²) in [5, 5.41) is 24.9. The van der Waals surface area contributed by atoms with Crippen LogP contribution in [-0.4, -0.2) is 46.3 Å². The Bertz CT molecular complexity index is 1030. The Morgan fingerprint density at radius 1 is 1.05 bits per heavy atom. The summed E-state index contributed by atoms with van der Waals surface area (Å²) in [6, 6.07) is 0. The molecule has 5 atom stereocenters. The monoisotopic (exact) mass is 619 g/mol. The first kappa shape index (κ1) is 39.2. The average molecular weight is 620 g/mol. The summed E-state index contributed by atoms with van der Waals surface area (Å²) >= 11 is 1.69. The van der Waals surface area contributed by atoms with Crippen LogP contribution in [0.3, 0.4) is 0 Å². The summed E-state index contributed by atoms with van der Waals surface area (Å²) in [5.74, 6) is -1.00. The number of ketones is 1. The average Bonchev–Trinajstić information content (AvgIpc) is 3.39. The van der Waals surface area contributed by atoms with Crippen molar-refractivity contribution in [3.63, 3.8) is 0 Å². The van der Waals surface area contributed by atoms with Crippen LogP contribution in [0.15, 0.2) is 22.6 Å². The van der Waals surface area contributed by atoms with Gasteiger partial charge in [-0.05, 0) is 76.7 Å². The van der Waals surface area contributed by atoms with Crippen molar-refractivity contribution >= 4 is 29.2 Å². The summed E-state index contributed by atoms with van der Waals surface area (Å²) in [6.45, 7) is 15.8. The Morgan fingerprint density at radius 3 is 2.30 bits per heavy atom. The van der Waals surface area contributed by atoms with E-state index in [0.29, 0.717) is 5.92 Å². The minimum Gasteiger partial charge on any atom is -0.469 e. The number of thiazole rings is 1. The highest BCUT2D eigenvalue weighted by molar-refractivity contribution is 7.09. The fourth-order valence-corrected chi connectivity index (χ4v) is 6.38. The molecule has 0 bridgehead atoms. The van der Waals surface area contributed by atoms with E-state index in [1.807, 2.05) is 13.8 Å². The molecule has 1 rings (SSSR count). The highest BCUT2D eigenvalue weighted by Crippen LogP contribution is 2.32. The SMILES string of the molecule is CCCCCC/C(=C/CC(CCC)/C(C)=C/c1csc(C)n1)CCC[C@H](C)[C@H](O)[C@@H](C)C(=O)C(C)(C)[C@@H](O)CC(=O)OC. The number of ether oxygens (including phenoxy) is 1. The Morgan fingerprint density at radius 2 is 1.72 bits per heavy atom. The number of aryl methyl sites for hydroxylation is 1. The number of methoxy groups -OCH3 is 1. The van der Waals surface area contributed by atoms with Crippen LogP contribution in [0.1, 0.15) is 136 Å². The predicted molar refractivity (Wildman–Crippen MR) is 180 cm³/mol. The maximum atomic E-state index is 13.3. The van der Waals surface area contributed by atoms with Gasteiger partial charge in [-0.3, -0.25) is 9.59 Å². The number of rotatable bonds is 22. The van der Waals surface area contributed by atoms with Crippen LogP contribution in [0.25, 0.3) is 6.08 Å². The lowest BCUT2D eigenvalue weighted by molar-refractivity contribution is -0.149. The molecule has 7 heteroatoms. The van der Waals surface area contributed by atoms with E-state index in [9.17, 15) is 19.8 Å². The van der Waals surface area contributed by atoms with Crippen molar-refractivity contribution in [1.82, 2.24) is 4.98 Å². The summed E-state index contributed by atoms with van der Waals surface area (Å²) in [4.78, 5) is 29.5. The highest BCUT2D eigenvalue weighted by Gasteiger charge is 2.42. The minimum atomic E-state index is -1.17. The van der Waals surface area contributed by atoms with Gasteiger partial charge in [0.1, 0.15) is 5.78 Å². The molecule has 0 spiro atoms. The second-order valence-corrected chi connectivity index (χ2v) is 14.2. The lowest BCUT2D eigenvalue weighted by Gasteiger charge is -2.34.